The highest BCUT2D eigenvalue weighted by molar-refractivity contribution is 5.93. The van der Waals surface area contributed by atoms with Crippen LogP contribution in [0.25, 0.3) is 5.82 Å². The Kier molecular flexibility index (Phi) is 4.92. The van der Waals surface area contributed by atoms with E-state index in [0.29, 0.717) is 17.9 Å². The van der Waals surface area contributed by atoms with Gasteiger partial charge in [0.25, 0.3) is 5.91 Å². The quantitative estimate of drug-likeness (QED) is 0.747. The fourth-order valence-corrected chi connectivity index (χ4v) is 2.67. The molecule has 0 saturated heterocycles. The van der Waals surface area contributed by atoms with Gasteiger partial charge >= 0.3 is 0 Å². The maximum atomic E-state index is 12.3. The molecule has 0 aliphatic rings. The van der Waals surface area contributed by atoms with Crippen molar-refractivity contribution in [1.82, 2.24) is 29.9 Å². The van der Waals surface area contributed by atoms with Crippen LogP contribution in [0.15, 0.2) is 42.9 Å². The molecule has 1 amide bonds. The van der Waals surface area contributed by atoms with Gasteiger partial charge in [0.2, 0.25) is 0 Å². The topological polar surface area (TPSA) is 77.6 Å². The SMILES string of the molecule is Cc1cc(C)n(-c2ccc(C(=O)NC[C@H](C)Cn3cccn3)cn2)n1. The molecule has 3 aromatic heterocycles. The van der Waals surface area contributed by atoms with E-state index in [1.54, 1.807) is 23.1 Å². The molecule has 7 nitrogen and oxygen atoms in total. The zero-order valence-electron chi connectivity index (χ0n) is 14.7. The van der Waals surface area contributed by atoms with E-state index >= 15 is 0 Å². The van der Waals surface area contributed by atoms with Gasteiger partial charge in [0.05, 0.1) is 11.3 Å². The molecule has 7 heteroatoms. The van der Waals surface area contributed by atoms with Crippen molar-refractivity contribution in [3.63, 3.8) is 0 Å². The predicted molar refractivity (Wildman–Crippen MR) is 94.6 cm³/mol. The largest absolute Gasteiger partial charge is 0.352 e. The van der Waals surface area contributed by atoms with Crippen molar-refractivity contribution in [3.05, 3.63) is 59.8 Å². The summed E-state index contributed by atoms with van der Waals surface area (Å²) in [5.41, 5.74) is 2.48. The summed E-state index contributed by atoms with van der Waals surface area (Å²) >= 11 is 0. The summed E-state index contributed by atoms with van der Waals surface area (Å²) in [6, 6.07) is 7.46. The normalized spacial score (nSPS) is 12.1. The maximum Gasteiger partial charge on any atom is 0.252 e. The summed E-state index contributed by atoms with van der Waals surface area (Å²) in [6.45, 7) is 7.34. The van der Waals surface area contributed by atoms with Gasteiger partial charge < -0.3 is 5.32 Å². The molecular formula is C18H22N6O. The average molecular weight is 338 g/mol. The molecule has 130 valence electrons. The number of rotatable bonds is 6. The van der Waals surface area contributed by atoms with Gasteiger partial charge in [-0.2, -0.15) is 10.2 Å². The first kappa shape index (κ1) is 16.9. The van der Waals surface area contributed by atoms with E-state index in [2.05, 4.69) is 27.4 Å². The Bertz CT molecular complexity index is 835. The molecular weight excluding hydrogens is 316 g/mol. The predicted octanol–water partition coefficient (Wildman–Crippen LogP) is 2.15. The first-order valence-corrected chi connectivity index (χ1v) is 8.28. The van der Waals surface area contributed by atoms with Gasteiger partial charge in [-0.25, -0.2) is 9.67 Å². The highest BCUT2D eigenvalue weighted by atomic mass is 16.1. The molecule has 3 rings (SSSR count). The Hall–Kier alpha value is -2.96. The monoisotopic (exact) mass is 338 g/mol. The lowest BCUT2D eigenvalue weighted by molar-refractivity contribution is 0.0946. The minimum absolute atomic E-state index is 0.125. The van der Waals surface area contributed by atoms with Crippen LogP contribution in [0.1, 0.15) is 28.7 Å². The number of aryl methyl sites for hydroxylation is 2. The molecule has 3 heterocycles. The van der Waals surface area contributed by atoms with Crippen molar-refractivity contribution < 1.29 is 4.79 Å². The minimum Gasteiger partial charge on any atom is -0.352 e. The van der Waals surface area contributed by atoms with Crippen molar-refractivity contribution in [3.8, 4) is 5.82 Å². The molecule has 0 saturated carbocycles. The third kappa shape index (κ3) is 4.12. The second-order valence-corrected chi connectivity index (χ2v) is 6.29. The zero-order valence-corrected chi connectivity index (χ0v) is 14.7. The van der Waals surface area contributed by atoms with Gasteiger partial charge in [-0.05, 0) is 44.0 Å². The van der Waals surface area contributed by atoms with Crippen LogP contribution in [0, 0.1) is 19.8 Å². The van der Waals surface area contributed by atoms with E-state index in [1.807, 2.05) is 42.9 Å². The van der Waals surface area contributed by atoms with Crippen molar-refractivity contribution in [2.75, 3.05) is 6.54 Å². The van der Waals surface area contributed by atoms with Crippen LogP contribution in [0.4, 0.5) is 0 Å². The van der Waals surface area contributed by atoms with Crippen molar-refractivity contribution in [1.29, 1.82) is 0 Å². The molecule has 3 aromatic rings. The summed E-state index contributed by atoms with van der Waals surface area (Å²) in [5.74, 6) is 0.861. The Labute approximate surface area is 146 Å². The zero-order chi connectivity index (χ0) is 17.8. The Morgan fingerprint density at radius 2 is 2.16 bits per heavy atom. The molecule has 0 aliphatic carbocycles. The van der Waals surface area contributed by atoms with Crippen molar-refractivity contribution in [2.24, 2.45) is 5.92 Å². The number of pyridine rings is 1. The van der Waals surface area contributed by atoms with Crippen LogP contribution < -0.4 is 5.32 Å². The van der Waals surface area contributed by atoms with Gasteiger partial charge in [-0.15, -0.1) is 0 Å². The Balaban J connectivity index is 1.58. The van der Waals surface area contributed by atoms with Crippen molar-refractivity contribution >= 4 is 5.91 Å². The van der Waals surface area contributed by atoms with Gasteiger partial charge in [0.15, 0.2) is 5.82 Å². The Morgan fingerprint density at radius 3 is 2.76 bits per heavy atom. The van der Waals surface area contributed by atoms with Crippen molar-refractivity contribution in [2.45, 2.75) is 27.3 Å². The molecule has 1 atom stereocenters. The molecule has 0 unspecified atom stereocenters. The lowest BCUT2D eigenvalue weighted by Crippen LogP contribution is -2.30. The van der Waals surface area contributed by atoms with E-state index < -0.39 is 0 Å². The standard InChI is InChI=1S/C18H22N6O/c1-13(12-23-8-4-7-21-23)10-20-18(25)16-5-6-17(19-11-16)24-15(3)9-14(2)22-24/h4-9,11,13H,10,12H2,1-3H3,(H,20,25)/t13-/m0/s1. The number of nitrogens with one attached hydrogen (secondary N) is 1. The summed E-state index contributed by atoms with van der Waals surface area (Å²) < 4.78 is 3.63. The molecule has 0 spiro atoms. The van der Waals surface area contributed by atoms with Gasteiger partial charge in [-0.3, -0.25) is 9.48 Å². The van der Waals surface area contributed by atoms with Crippen LogP contribution in [-0.2, 0) is 6.54 Å². The fourth-order valence-electron chi connectivity index (χ4n) is 2.67. The molecule has 0 aliphatic heterocycles. The second kappa shape index (κ2) is 7.29. The molecule has 1 N–H and O–H groups in total. The number of hydrogen-bond acceptors (Lipinski definition) is 4. The van der Waals surface area contributed by atoms with Crippen LogP contribution in [-0.4, -0.2) is 37.0 Å². The van der Waals surface area contributed by atoms with Crippen LogP contribution >= 0.6 is 0 Å². The molecule has 0 radical (unpaired) electrons. The summed E-state index contributed by atoms with van der Waals surface area (Å²) in [5, 5.41) is 11.5. The number of hydrogen-bond donors (Lipinski definition) is 1. The van der Waals surface area contributed by atoms with Gasteiger partial charge in [-0.1, -0.05) is 6.92 Å². The van der Waals surface area contributed by atoms with Crippen LogP contribution in [0.3, 0.4) is 0 Å². The van der Waals surface area contributed by atoms with E-state index in [1.165, 1.54) is 0 Å². The van der Waals surface area contributed by atoms with Crippen LogP contribution in [0.2, 0.25) is 0 Å². The fraction of sp³-hybridized carbons (Fsp3) is 0.333. The summed E-state index contributed by atoms with van der Waals surface area (Å²) in [4.78, 5) is 16.6. The molecule has 0 fully saturated rings. The summed E-state index contributed by atoms with van der Waals surface area (Å²) in [7, 11) is 0. The molecule has 25 heavy (non-hydrogen) atoms. The number of nitrogens with zero attached hydrogens (tertiary/aromatic N) is 5. The van der Waals surface area contributed by atoms with Gasteiger partial charge in [0, 0.05) is 37.4 Å². The number of aromatic nitrogens is 5. The smallest absolute Gasteiger partial charge is 0.252 e. The first-order chi connectivity index (χ1) is 12.0. The first-order valence-electron chi connectivity index (χ1n) is 8.28. The highest BCUT2D eigenvalue weighted by Gasteiger charge is 2.11. The average Bonchev–Trinajstić information content (AvgIpc) is 3.22. The minimum atomic E-state index is -0.125. The maximum absolute atomic E-state index is 12.3. The number of carbonyl (C=O) groups excluding carboxylic acids is 1. The third-order valence-electron chi connectivity index (χ3n) is 3.91. The Morgan fingerprint density at radius 1 is 1.32 bits per heavy atom. The highest BCUT2D eigenvalue weighted by Crippen LogP contribution is 2.10. The summed E-state index contributed by atoms with van der Waals surface area (Å²) in [6.07, 6.45) is 5.25. The van der Waals surface area contributed by atoms with Crippen LogP contribution in [0.5, 0.6) is 0 Å². The van der Waals surface area contributed by atoms with E-state index in [9.17, 15) is 4.79 Å². The third-order valence-corrected chi connectivity index (χ3v) is 3.91. The lowest BCUT2D eigenvalue weighted by Gasteiger charge is -2.13. The molecule has 0 bridgehead atoms. The van der Waals surface area contributed by atoms with E-state index in [4.69, 9.17) is 0 Å². The lowest BCUT2D eigenvalue weighted by atomic mass is 10.1. The number of amides is 1. The second-order valence-electron chi connectivity index (χ2n) is 6.29. The van der Waals surface area contributed by atoms with Gasteiger partial charge in [0.1, 0.15) is 0 Å². The van der Waals surface area contributed by atoms with E-state index in [0.717, 1.165) is 17.9 Å². The van der Waals surface area contributed by atoms with E-state index in [-0.39, 0.29) is 11.8 Å². The number of carbonyl (C=O) groups is 1. The molecule has 0 aromatic carbocycles.